The van der Waals surface area contributed by atoms with Crippen LogP contribution in [0.2, 0.25) is 5.02 Å². The normalized spacial score (nSPS) is 23.1. The number of nitrogens with two attached hydrogens (primary N) is 1. The first kappa shape index (κ1) is 14.7. The average molecular weight is 288 g/mol. The molecule has 0 aromatic heterocycles. The Morgan fingerprint density at radius 2 is 2.32 bits per heavy atom. The van der Waals surface area contributed by atoms with E-state index in [1.165, 1.54) is 12.1 Å². The molecule has 1 aliphatic rings. The Balaban J connectivity index is 2.18. The van der Waals surface area contributed by atoms with Gasteiger partial charge >= 0.3 is 0 Å². The molecule has 1 aliphatic heterocycles. The standard InChI is InChI=1S/C14H19ClFNO2/c15-13-6-10(16)3-4-11(13)12(7-17)14(18)9-2-1-5-19-8-9/h3-4,6,9,12,14,18H,1-2,5,7-8,17H2. The van der Waals surface area contributed by atoms with Crippen LogP contribution in [0.25, 0.3) is 0 Å². The monoisotopic (exact) mass is 287 g/mol. The summed E-state index contributed by atoms with van der Waals surface area (Å²) in [7, 11) is 0. The highest BCUT2D eigenvalue weighted by Crippen LogP contribution is 2.32. The van der Waals surface area contributed by atoms with Gasteiger partial charge in [-0.25, -0.2) is 4.39 Å². The zero-order chi connectivity index (χ0) is 13.8. The van der Waals surface area contributed by atoms with Gasteiger partial charge in [0.1, 0.15) is 5.82 Å². The zero-order valence-corrected chi connectivity index (χ0v) is 11.4. The molecule has 0 spiro atoms. The highest BCUT2D eigenvalue weighted by Gasteiger charge is 2.30. The van der Waals surface area contributed by atoms with E-state index in [1.54, 1.807) is 6.07 Å². The molecule has 2 rings (SSSR count). The van der Waals surface area contributed by atoms with Crippen LogP contribution in [-0.2, 0) is 4.74 Å². The summed E-state index contributed by atoms with van der Waals surface area (Å²) in [6.07, 6.45) is 1.24. The Hall–Kier alpha value is -0.680. The summed E-state index contributed by atoms with van der Waals surface area (Å²) < 4.78 is 18.5. The number of benzene rings is 1. The van der Waals surface area contributed by atoms with Crippen molar-refractivity contribution < 1.29 is 14.2 Å². The van der Waals surface area contributed by atoms with Crippen molar-refractivity contribution in [2.24, 2.45) is 11.7 Å². The van der Waals surface area contributed by atoms with Crippen LogP contribution in [0.3, 0.4) is 0 Å². The summed E-state index contributed by atoms with van der Waals surface area (Å²) in [5.74, 6) is -0.622. The molecule has 1 aromatic rings. The third kappa shape index (κ3) is 3.45. The average Bonchev–Trinajstić information content (AvgIpc) is 2.42. The number of ether oxygens (including phenoxy) is 1. The van der Waals surface area contributed by atoms with E-state index < -0.39 is 6.10 Å². The number of hydrogen-bond donors (Lipinski definition) is 2. The molecular weight excluding hydrogens is 269 g/mol. The molecule has 1 saturated heterocycles. The van der Waals surface area contributed by atoms with Crippen molar-refractivity contribution in [3.8, 4) is 0 Å². The van der Waals surface area contributed by atoms with Gasteiger partial charge in [0.25, 0.3) is 0 Å². The number of halogens is 2. The minimum absolute atomic E-state index is 0.0587. The van der Waals surface area contributed by atoms with Crippen LogP contribution >= 0.6 is 11.6 Å². The second-order valence-corrected chi connectivity index (χ2v) is 5.38. The van der Waals surface area contributed by atoms with Gasteiger partial charge in [-0.3, -0.25) is 0 Å². The van der Waals surface area contributed by atoms with Crippen molar-refractivity contribution in [1.29, 1.82) is 0 Å². The third-order valence-electron chi connectivity index (χ3n) is 3.71. The summed E-state index contributed by atoms with van der Waals surface area (Å²) in [4.78, 5) is 0. The predicted molar refractivity (Wildman–Crippen MR) is 72.8 cm³/mol. The smallest absolute Gasteiger partial charge is 0.124 e. The summed E-state index contributed by atoms with van der Waals surface area (Å²) in [6.45, 7) is 1.55. The van der Waals surface area contributed by atoms with E-state index in [1.807, 2.05) is 0 Å². The van der Waals surface area contributed by atoms with Crippen LogP contribution in [0.1, 0.15) is 24.3 Å². The quantitative estimate of drug-likeness (QED) is 0.893. The van der Waals surface area contributed by atoms with Crippen molar-refractivity contribution in [1.82, 2.24) is 0 Å². The number of aliphatic hydroxyl groups is 1. The molecule has 5 heteroatoms. The molecular formula is C14H19ClFNO2. The predicted octanol–water partition coefficient (Wildman–Crippen LogP) is 2.31. The second kappa shape index (κ2) is 6.66. The van der Waals surface area contributed by atoms with Gasteiger partial charge < -0.3 is 15.6 Å². The maximum Gasteiger partial charge on any atom is 0.124 e. The van der Waals surface area contributed by atoms with Crippen LogP contribution < -0.4 is 5.73 Å². The molecule has 0 amide bonds. The molecule has 0 saturated carbocycles. The van der Waals surface area contributed by atoms with E-state index in [4.69, 9.17) is 22.1 Å². The Morgan fingerprint density at radius 1 is 1.53 bits per heavy atom. The second-order valence-electron chi connectivity index (χ2n) is 4.98. The first-order valence-corrected chi connectivity index (χ1v) is 6.92. The van der Waals surface area contributed by atoms with Crippen molar-refractivity contribution in [2.75, 3.05) is 19.8 Å². The zero-order valence-electron chi connectivity index (χ0n) is 10.7. The fourth-order valence-electron chi connectivity index (χ4n) is 2.62. The van der Waals surface area contributed by atoms with Crippen molar-refractivity contribution in [2.45, 2.75) is 24.9 Å². The van der Waals surface area contributed by atoms with Crippen molar-refractivity contribution >= 4 is 11.6 Å². The largest absolute Gasteiger partial charge is 0.392 e. The van der Waals surface area contributed by atoms with Crippen LogP contribution in [0.5, 0.6) is 0 Å². The molecule has 3 unspecified atom stereocenters. The Bertz CT molecular complexity index is 424. The summed E-state index contributed by atoms with van der Waals surface area (Å²) >= 11 is 6.05. The van der Waals surface area contributed by atoms with Crippen LogP contribution in [0.4, 0.5) is 4.39 Å². The van der Waals surface area contributed by atoms with Crippen molar-refractivity contribution in [3.05, 3.63) is 34.6 Å². The van der Waals surface area contributed by atoms with E-state index in [2.05, 4.69) is 0 Å². The summed E-state index contributed by atoms with van der Waals surface area (Å²) in [6, 6.07) is 4.19. The molecule has 0 bridgehead atoms. The first-order chi connectivity index (χ1) is 9.13. The Morgan fingerprint density at radius 3 is 2.89 bits per heavy atom. The van der Waals surface area contributed by atoms with Crippen LogP contribution in [-0.4, -0.2) is 31.0 Å². The Kier molecular flexibility index (Phi) is 5.16. The minimum Gasteiger partial charge on any atom is -0.392 e. The van der Waals surface area contributed by atoms with Gasteiger partial charge in [0.2, 0.25) is 0 Å². The van der Waals surface area contributed by atoms with E-state index in [0.29, 0.717) is 17.2 Å². The number of hydrogen-bond acceptors (Lipinski definition) is 3. The van der Waals surface area contributed by atoms with Gasteiger partial charge in [-0.15, -0.1) is 0 Å². The maximum absolute atomic E-state index is 13.1. The fraction of sp³-hybridized carbons (Fsp3) is 0.571. The molecule has 3 atom stereocenters. The first-order valence-electron chi connectivity index (χ1n) is 6.54. The van der Waals surface area contributed by atoms with Gasteiger partial charge in [-0.05, 0) is 30.5 Å². The van der Waals surface area contributed by atoms with Gasteiger partial charge in [-0.1, -0.05) is 17.7 Å². The summed E-state index contributed by atoms with van der Waals surface area (Å²) in [5, 5.41) is 10.8. The fourth-order valence-corrected chi connectivity index (χ4v) is 2.92. The lowest BCUT2D eigenvalue weighted by Gasteiger charge is -2.32. The molecule has 19 heavy (non-hydrogen) atoms. The topological polar surface area (TPSA) is 55.5 Å². The van der Waals surface area contributed by atoms with Crippen LogP contribution in [0, 0.1) is 11.7 Å². The highest BCUT2D eigenvalue weighted by molar-refractivity contribution is 6.31. The molecule has 0 radical (unpaired) electrons. The van der Waals surface area contributed by atoms with Gasteiger partial charge in [0, 0.05) is 30.0 Å². The van der Waals surface area contributed by atoms with Gasteiger partial charge in [0.15, 0.2) is 0 Å². The molecule has 106 valence electrons. The van der Waals surface area contributed by atoms with E-state index in [0.717, 1.165) is 19.4 Å². The molecule has 1 aromatic carbocycles. The maximum atomic E-state index is 13.1. The van der Waals surface area contributed by atoms with E-state index >= 15 is 0 Å². The van der Waals surface area contributed by atoms with Crippen LogP contribution in [0.15, 0.2) is 18.2 Å². The van der Waals surface area contributed by atoms with Gasteiger partial charge in [-0.2, -0.15) is 0 Å². The lowest BCUT2D eigenvalue weighted by Crippen LogP contribution is -2.37. The van der Waals surface area contributed by atoms with Crippen molar-refractivity contribution in [3.63, 3.8) is 0 Å². The molecule has 3 nitrogen and oxygen atoms in total. The molecule has 1 heterocycles. The number of aliphatic hydroxyl groups excluding tert-OH is 1. The lowest BCUT2D eigenvalue weighted by molar-refractivity contribution is -0.0184. The SMILES string of the molecule is NCC(c1ccc(F)cc1Cl)C(O)C1CCCOC1. The summed E-state index contributed by atoms with van der Waals surface area (Å²) in [5.41, 5.74) is 6.46. The highest BCUT2D eigenvalue weighted by atomic mass is 35.5. The third-order valence-corrected chi connectivity index (χ3v) is 4.03. The van der Waals surface area contributed by atoms with E-state index in [9.17, 15) is 9.50 Å². The number of rotatable bonds is 4. The Labute approximate surface area is 117 Å². The minimum atomic E-state index is -0.617. The molecule has 0 aliphatic carbocycles. The molecule has 3 N–H and O–H groups in total. The molecule has 1 fully saturated rings. The lowest BCUT2D eigenvalue weighted by atomic mass is 9.83. The van der Waals surface area contributed by atoms with E-state index in [-0.39, 0.29) is 24.2 Å². The van der Waals surface area contributed by atoms with Gasteiger partial charge in [0.05, 0.1) is 12.7 Å².